The molecule has 3 N–H and O–H groups in total. The molecule has 2 aromatic rings. The molecule has 0 bridgehead atoms. The van der Waals surface area contributed by atoms with Crippen molar-refractivity contribution in [1.82, 2.24) is 4.98 Å². The molecule has 1 aliphatic heterocycles. The van der Waals surface area contributed by atoms with Gasteiger partial charge < -0.3 is 20.5 Å². The lowest BCUT2D eigenvalue weighted by molar-refractivity contribution is -0.208. The minimum Gasteiger partial charge on any atom is -0.479 e. The zero-order valence-electron chi connectivity index (χ0n) is 17.7. The monoisotopic (exact) mass is 464 g/mol. The van der Waals surface area contributed by atoms with Gasteiger partial charge in [0.15, 0.2) is 6.10 Å². The van der Waals surface area contributed by atoms with Crippen molar-refractivity contribution in [1.29, 1.82) is 0 Å². The summed E-state index contributed by atoms with van der Waals surface area (Å²) in [5.41, 5.74) is 3.80. The summed E-state index contributed by atoms with van der Waals surface area (Å²) in [5, 5.41) is 2.54. The summed E-state index contributed by atoms with van der Waals surface area (Å²) in [6.07, 6.45) is -6.29. The van der Waals surface area contributed by atoms with Crippen LogP contribution in [0, 0.1) is 17.7 Å². The third-order valence-electron chi connectivity index (χ3n) is 4.83. The van der Waals surface area contributed by atoms with Crippen LogP contribution in [0.4, 0.5) is 23.2 Å². The number of pyridine rings is 1. The zero-order valence-corrected chi connectivity index (χ0v) is 17.7. The lowest BCUT2D eigenvalue weighted by Crippen LogP contribution is -2.46. The second kappa shape index (κ2) is 9.36. The number of alkyl halides is 3. The lowest BCUT2D eigenvalue weighted by atomic mass is 9.85. The number of ether oxygens (including phenoxy) is 2. The first-order valence-electron chi connectivity index (χ1n) is 9.70. The van der Waals surface area contributed by atoms with Gasteiger partial charge in [-0.05, 0) is 44.2 Å². The molecule has 0 saturated carbocycles. The molecule has 0 unspecified atom stereocenters. The van der Waals surface area contributed by atoms with Gasteiger partial charge in [0.1, 0.15) is 23.9 Å². The fourth-order valence-corrected chi connectivity index (χ4v) is 3.22. The summed E-state index contributed by atoms with van der Waals surface area (Å²) in [6.45, 7) is 3.16. The number of halogens is 4. The molecule has 2 heterocycles. The van der Waals surface area contributed by atoms with Crippen LogP contribution < -0.4 is 15.8 Å². The summed E-state index contributed by atoms with van der Waals surface area (Å²) in [6, 6.07) is 5.77. The number of hydrogen-bond acceptors (Lipinski definition) is 6. The van der Waals surface area contributed by atoms with Crippen molar-refractivity contribution in [3.63, 3.8) is 0 Å². The predicted octanol–water partition coefficient (Wildman–Crippen LogP) is 3.76. The van der Waals surface area contributed by atoms with E-state index in [1.807, 2.05) is 0 Å². The second-order valence-corrected chi connectivity index (χ2v) is 7.32. The number of aromatic nitrogens is 1. The van der Waals surface area contributed by atoms with E-state index in [0.29, 0.717) is 5.75 Å². The minimum atomic E-state index is -4.71. The molecule has 0 fully saturated rings. The second-order valence-electron chi connectivity index (χ2n) is 7.32. The quantitative estimate of drug-likeness (QED) is 0.519. The van der Waals surface area contributed by atoms with Crippen LogP contribution >= 0.6 is 0 Å². The molecular weight excluding hydrogens is 444 g/mol. The zero-order chi connectivity index (χ0) is 24.2. The highest BCUT2D eigenvalue weighted by molar-refractivity contribution is 6.02. The van der Waals surface area contributed by atoms with Gasteiger partial charge >= 0.3 is 6.18 Å². The maximum absolute atomic E-state index is 14.6. The summed E-state index contributed by atoms with van der Waals surface area (Å²) < 4.78 is 64.2. The lowest BCUT2D eigenvalue weighted by Gasteiger charge is -2.36. The van der Waals surface area contributed by atoms with Gasteiger partial charge in [-0.1, -0.05) is 5.92 Å². The Balaban J connectivity index is 1.80. The molecule has 0 aliphatic carbocycles. The third-order valence-corrected chi connectivity index (χ3v) is 4.83. The number of amides is 1. The minimum absolute atomic E-state index is 0.0477. The van der Waals surface area contributed by atoms with E-state index in [1.165, 1.54) is 37.4 Å². The average Bonchev–Trinajstić information content (AvgIpc) is 2.74. The van der Waals surface area contributed by atoms with Gasteiger partial charge in [0.2, 0.25) is 0 Å². The van der Waals surface area contributed by atoms with Crippen molar-refractivity contribution in [3.8, 4) is 17.6 Å². The first-order chi connectivity index (χ1) is 15.5. The topological polar surface area (TPSA) is 98.8 Å². The molecule has 174 valence electrons. The Bertz CT molecular complexity index is 1120. The Morgan fingerprint density at radius 1 is 1.36 bits per heavy atom. The summed E-state index contributed by atoms with van der Waals surface area (Å²) >= 11 is 0. The Morgan fingerprint density at radius 3 is 2.76 bits per heavy atom. The van der Waals surface area contributed by atoms with Crippen LogP contribution in [0.3, 0.4) is 0 Å². The van der Waals surface area contributed by atoms with Crippen LogP contribution in [0.2, 0.25) is 0 Å². The molecule has 3 rings (SSSR count). The standard InChI is InChI=1S/C22H20F4N4O3/c1-3-4-9-32-14-6-8-17(28-12-14)19(31)29-13-5-7-16(23)15(10-13)21(2)11-18(22(24,25)26)33-20(27)30-21/h5-8,10,12,18H,9,11H2,1-2H3,(H2,27,30)(H,29,31)/t18-,21-/m0/s1. The first kappa shape index (κ1) is 23.8. The van der Waals surface area contributed by atoms with Crippen LogP contribution in [0.1, 0.15) is 36.3 Å². The molecule has 7 nitrogen and oxygen atoms in total. The van der Waals surface area contributed by atoms with Crippen LogP contribution in [0.25, 0.3) is 0 Å². The van der Waals surface area contributed by atoms with Gasteiger partial charge in [-0.3, -0.25) is 4.79 Å². The van der Waals surface area contributed by atoms with E-state index < -0.39 is 42.0 Å². The van der Waals surface area contributed by atoms with Gasteiger partial charge in [-0.15, -0.1) is 5.92 Å². The van der Waals surface area contributed by atoms with Crippen LogP contribution in [-0.2, 0) is 10.3 Å². The first-order valence-corrected chi connectivity index (χ1v) is 9.70. The number of nitrogens with zero attached hydrogens (tertiary/aromatic N) is 2. The van der Waals surface area contributed by atoms with E-state index >= 15 is 0 Å². The normalized spacial score (nSPS) is 20.1. The van der Waals surface area contributed by atoms with Gasteiger partial charge in [0.25, 0.3) is 11.9 Å². The van der Waals surface area contributed by atoms with Gasteiger partial charge in [-0.2, -0.15) is 13.2 Å². The van der Waals surface area contributed by atoms with Crippen molar-refractivity contribution in [2.75, 3.05) is 11.9 Å². The summed E-state index contributed by atoms with van der Waals surface area (Å²) in [5.74, 6) is 4.41. The van der Waals surface area contributed by atoms with E-state index in [1.54, 1.807) is 6.92 Å². The summed E-state index contributed by atoms with van der Waals surface area (Å²) in [7, 11) is 0. The van der Waals surface area contributed by atoms with Crippen LogP contribution in [-0.4, -0.2) is 35.8 Å². The van der Waals surface area contributed by atoms with E-state index in [-0.39, 0.29) is 23.6 Å². The number of aliphatic imine (C=N–C) groups is 1. The number of benzene rings is 1. The Morgan fingerprint density at radius 2 is 2.12 bits per heavy atom. The maximum Gasteiger partial charge on any atom is 0.425 e. The Labute approximate surface area is 187 Å². The number of amidine groups is 1. The largest absolute Gasteiger partial charge is 0.479 e. The van der Waals surface area contributed by atoms with Gasteiger partial charge in [-0.25, -0.2) is 14.4 Å². The van der Waals surface area contributed by atoms with E-state index in [2.05, 4.69) is 31.9 Å². The van der Waals surface area contributed by atoms with Gasteiger partial charge in [0, 0.05) is 17.7 Å². The van der Waals surface area contributed by atoms with Crippen molar-refractivity contribution < 1.29 is 31.8 Å². The Hall–Kier alpha value is -3.81. The highest BCUT2D eigenvalue weighted by atomic mass is 19.4. The van der Waals surface area contributed by atoms with Crippen molar-refractivity contribution in [2.45, 2.75) is 38.1 Å². The van der Waals surface area contributed by atoms with E-state index in [0.717, 1.165) is 6.07 Å². The molecule has 1 amide bonds. The molecule has 0 radical (unpaired) electrons. The molecule has 1 aliphatic rings. The van der Waals surface area contributed by atoms with E-state index in [9.17, 15) is 22.4 Å². The molecule has 11 heteroatoms. The molecular formula is C22H20F4N4O3. The van der Waals surface area contributed by atoms with Crippen molar-refractivity contribution >= 4 is 17.6 Å². The molecule has 0 saturated heterocycles. The SMILES string of the molecule is CC#CCOc1ccc(C(=O)Nc2ccc(F)c([C@]3(C)C[C@@H](C(F)(F)F)OC(N)=N3)c2)nc1. The molecule has 2 atom stereocenters. The number of hydrogen-bond donors (Lipinski definition) is 2. The number of nitrogens with two attached hydrogens (primary N) is 1. The van der Waals surface area contributed by atoms with Crippen LogP contribution in [0.5, 0.6) is 5.75 Å². The number of rotatable bonds is 5. The highest BCUT2D eigenvalue weighted by Crippen LogP contribution is 2.41. The Kier molecular flexibility index (Phi) is 6.76. The predicted molar refractivity (Wildman–Crippen MR) is 112 cm³/mol. The number of carbonyl (C=O) groups excluding carboxylic acids is 1. The highest BCUT2D eigenvalue weighted by Gasteiger charge is 2.50. The number of anilines is 1. The van der Waals surface area contributed by atoms with Crippen molar-refractivity contribution in [2.24, 2.45) is 10.7 Å². The molecule has 1 aromatic heterocycles. The van der Waals surface area contributed by atoms with Gasteiger partial charge in [0.05, 0.1) is 11.7 Å². The number of carbonyl (C=O) groups is 1. The maximum atomic E-state index is 14.6. The fourth-order valence-electron chi connectivity index (χ4n) is 3.22. The summed E-state index contributed by atoms with van der Waals surface area (Å²) in [4.78, 5) is 20.4. The smallest absolute Gasteiger partial charge is 0.425 e. The molecule has 0 spiro atoms. The average molecular weight is 464 g/mol. The van der Waals surface area contributed by atoms with Crippen molar-refractivity contribution in [3.05, 3.63) is 53.6 Å². The fraction of sp³-hybridized carbons (Fsp3) is 0.318. The third kappa shape index (κ3) is 5.71. The number of nitrogens with one attached hydrogen (secondary N) is 1. The van der Waals surface area contributed by atoms with Crippen LogP contribution in [0.15, 0.2) is 41.5 Å². The van der Waals surface area contributed by atoms with E-state index in [4.69, 9.17) is 10.5 Å². The molecule has 1 aromatic carbocycles. The molecule has 33 heavy (non-hydrogen) atoms.